The summed E-state index contributed by atoms with van der Waals surface area (Å²) < 4.78 is 12.9. The fourth-order valence-corrected chi connectivity index (χ4v) is 2.07. The van der Waals surface area contributed by atoms with Crippen molar-refractivity contribution in [3.63, 3.8) is 0 Å². The molecular weight excluding hydrogens is 179 g/mol. The third kappa shape index (κ3) is 2.00. The van der Waals surface area contributed by atoms with Crippen molar-refractivity contribution in [1.82, 2.24) is 0 Å². The molecule has 0 bridgehead atoms. The van der Waals surface area contributed by atoms with Gasteiger partial charge in [0, 0.05) is 12.8 Å². The standard InChI is InChI=1S/C12H13FO/c13-11-5-1-3-9(7-11)10-4-2-6-12(14)8-10/h1,3,5,7,10H,2,4,6,8H2/t10-/m0/s1. The van der Waals surface area contributed by atoms with Gasteiger partial charge in [-0.15, -0.1) is 0 Å². The molecule has 0 aliphatic heterocycles. The van der Waals surface area contributed by atoms with Crippen LogP contribution < -0.4 is 0 Å². The molecule has 0 aromatic heterocycles. The molecule has 2 rings (SSSR count). The van der Waals surface area contributed by atoms with Crippen molar-refractivity contribution in [1.29, 1.82) is 0 Å². The van der Waals surface area contributed by atoms with Gasteiger partial charge in [0.05, 0.1) is 0 Å². The maximum absolute atomic E-state index is 12.9. The van der Waals surface area contributed by atoms with Gasteiger partial charge in [-0.1, -0.05) is 12.1 Å². The molecule has 74 valence electrons. The first-order chi connectivity index (χ1) is 6.75. The lowest BCUT2D eigenvalue weighted by Crippen LogP contribution is -2.13. The highest BCUT2D eigenvalue weighted by Gasteiger charge is 2.20. The molecule has 1 aromatic carbocycles. The molecule has 2 heteroatoms. The molecule has 1 nitrogen and oxygen atoms in total. The zero-order valence-corrected chi connectivity index (χ0v) is 8.00. The van der Waals surface area contributed by atoms with Crippen LogP contribution in [0.5, 0.6) is 0 Å². The molecule has 0 spiro atoms. The quantitative estimate of drug-likeness (QED) is 0.668. The van der Waals surface area contributed by atoms with E-state index >= 15 is 0 Å². The molecule has 0 unspecified atom stereocenters. The van der Waals surface area contributed by atoms with Gasteiger partial charge in [0.15, 0.2) is 0 Å². The summed E-state index contributed by atoms with van der Waals surface area (Å²) in [6.07, 6.45) is 3.24. The van der Waals surface area contributed by atoms with E-state index in [0.717, 1.165) is 18.4 Å². The number of halogens is 1. The molecule has 1 aliphatic rings. The van der Waals surface area contributed by atoms with Crippen LogP contribution >= 0.6 is 0 Å². The Balaban J connectivity index is 2.17. The molecule has 1 aromatic rings. The summed E-state index contributed by atoms with van der Waals surface area (Å²) in [6, 6.07) is 6.60. The molecule has 0 heterocycles. The van der Waals surface area contributed by atoms with Gasteiger partial charge in [-0.25, -0.2) is 4.39 Å². The van der Waals surface area contributed by atoms with Crippen molar-refractivity contribution in [2.24, 2.45) is 0 Å². The van der Waals surface area contributed by atoms with Crippen molar-refractivity contribution in [2.75, 3.05) is 0 Å². The first kappa shape index (κ1) is 9.38. The number of ketones is 1. The van der Waals surface area contributed by atoms with E-state index in [1.807, 2.05) is 6.07 Å². The molecule has 1 fully saturated rings. The second-order valence-corrected chi connectivity index (χ2v) is 3.89. The van der Waals surface area contributed by atoms with Crippen molar-refractivity contribution >= 4 is 5.78 Å². The SMILES string of the molecule is O=C1CCC[C@H](c2cccc(F)c2)C1. The summed E-state index contributed by atoms with van der Waals surface area (Å²) in [6.45, 7) is 0. The Bertz CT molecular complexity index is 346. The highest BCUT2D eigenvalue weighted by molar-refractivity contribution is 5.80. The van der Waals surface area contributed by atoms with E-state index in [1.54, 1.807) is 12.1 Å². The number of carbonyl (C=O) groups excluding carboxylic acids is 1. The summed E-state index contributed by atoms with van der Waals surface area (Å²) in [4.78, 5) is 11.2. The van der Waals surface area contributed by atoms with Crippen LogP contribution in [0.25, 0.3) is 0 Å². The van der Waals surface area contributed by atoms with Gasteiger partial charge < -0.3 is 0 Å². The first-order valence-corrected chi connectivity index (χ1v) is 5.03. The number of hydrogen-bond acceptors (Lipinski definition) is 1. The molecule has 14 heavy (non-hydrogen) atoms. The van der Waals surface area contributed by atoms with Gasteiger partial charge in [0.25, 0.3) is 0 Å². The van der Waals surface area contributed by atoms with E-state index < -0.39 is 0 Å². The Hall–Kier alpha value is -1.18. The average Bonchev–Trinajstić information content (AvgIpc) is 2.18. The normalized spacial score (nSPS) is 22.4. The van der Waals surface area contributed by atoms with Crippen molar-refractivity contribution in [3.8, 4) is 0 Å². The Morgan fingerprint density at radius 3 is 2.93 bits per heavy atom. The van der Waals surface area contributed by atoms with Crippen LogP contribution in [-0.2, 0) is 4.79 Å². The fourth-order valence-electron chi connectivity index (χ4n) is 2.07. The van der Waals surface area contributed by atoms with E-state index in [-0.39, 0.29) is 11.7 Å². The summed E-state index contributed by atoms with van der Waals surface area (Å²) in [5.74, 6) is 0.345. The van der Waals surface area contributed by atoms with Gasteiger partial charge in [-0.2, -0.15) is 0 Å². The average molecular weight is 192 g/mol. The second-order valence-electron chi connectivity index (χ2n) is 3.89. The van der Waals surface area contributed by atoms with E-state index in [0.29, 0.717) is 18.6 Å². The van der Waals surface area contributed by atoms with Gasteiger partial charge in [-0.3, -0.25) is 4.79 Å². The number of carbonyl (C=O) groups is 1. The van der Waals surface area contributed by atoms with E-state index in [1.165, 1.54) is 6.07 Å². The Kier molecular flexibility index (Phi) is 2.62. The number of Topliss-reactive ketones (excluding diaryl/α,β-unsaturated/α-hetero) is 1. The summed E-state index contributed by atoms with van der Waals surface area (Å²) >= 11 is 0. The number of benzene rings is 1. The largest absolute Gasteiger partial charge is 0.300 e. The predicted octanol–water partition coefficient (Wildman–Crippen LogP) is 3.05. The fraction of sp³-hybridized carbons (Fsp3) is 0.417. The first-order valence-electron chi connectivity index (χ1n) is 5.03. The number of rotatable bonds is 1. The summed E-state index contributed by atoms with van der Waals surface area (Å²) in [5.41, 5.74) is 0.970. The second kappa shape index (κ2) is 3.91. The van der Waals surface area contributed by atoms with Crippen LogP contribution in [0.4, 0.5) is 4.39 Å². The van der Waals surface area contributed by atoms with E-state index in [4.69, 9.17) is 0 Å². The highest BCUT2D eigenvalue weighted by Crippen LogP contribution is 2.30. The molecule has 0 radical (unpaired) electrons. The van der Waals surface area contributed by atoms with Crippen molar-refractivity contribution in [2.45, 2.75) is 31.6 Å². The molecule has 1 atom stereocenters. The molecule has 0 N–H and O–H groups in total. The lowest BCUT2D eigenvalue weighted by atomic mass is 9.83. The maximum atomic E-state index is 12.9. The predicted molar refractivity (Wildman–Crippen MR) is 52.6 cm³/mol. The summed E-state index contributed by atoms with van der Waals surface area (Å²) in [7, 11) is 0. The van der Waals surface area contributed by atoms with E-state index in [9.17, 15) is 9.18 Å². The minimum absolute atomic E-state index is 0.208. The molecule has 1 saturated carbocycles. The molecule has 1 aliphatic carbocycles. The maximum Gasteiger partial charge on any atom is 0.133 e. The smallest absolute Gasteiger partial charge is 0.133 e. The zero-order chi connectivity index (χ0) is 9.97. The summed E-state index contributed by atoms with van der Waals surface area (Å²) in [5, 5.41) is 0. The Morgan fingerprint density at radius 1 is 1.36 bits per heavy atom. The van der Waals surface area contributed by atoms with Gasteiger partial charge in [0.2, 0.25) is 0 Å². The molecule has 0 amide bonds. The monoisotopic (exact) mass is 192 g/mol. The van der Waals surface area contributed by atoms with Crippen molar-refractivity contribution in [3.05, 3.63) is 35.6 Å². The third-order valence-corrected chi connectivity index (χ3v) is 2.80. The van der Waals surface area contributed by atoms with E-state index in [2.05, 4.69) is 0 Å². The van der Waals surface area contributed by atoms with Crippen LogP contribution in [0, 0.1) is 5.82 Å². The van der Waals surface area contributed by atoms with Crippen molar-refractivity contribution < 1.29 is 9.18 Å². The van der Waals surface area contributed by atoms with Crippen LogP contribution in [0.3, 0.4) is 0 Å². The molecule has 0 saturated heterocycles. The lowest BCUT2D eigenvalue weighted by Gasteiger charge is -2.20. The minimum Gasteiger partial charge on any atom is -0.300 e. The van der Waals surface area contributed by atoms with Gasteiger partial charge >= 0.3 is 0 Å². The van der Waals surface area contributed by atoms with Crippen LogP contribution in [-0.4, -0.2) is 5.78 Å². The lowest BCUT2D eigenvalue weighted by molar-refractivity contribution is -0.120. The van der Waals surface area contributed by atoms with Gasteiger partial charge in [0.1, 0.15) is 11.6 Å². The Morgan fingerprint density at radius 2 is 2.21 bits per heavy atom. The highest BCUT2D eigenvalue weighted by atomic mass is 19.1. The third-order valence-electron chi connectivity index (χ3n) is 2.80. The topological polar surface area (TPSA) is 17.1 Å². The van der Waals surface area contributed by atoms with Crippen LogP contribution in [0.2, 0.25) is 0 Å². The molecular formula is C12H13FO. The Labute approximate surface area is 82.9 Å². The van der Waals surface area contributed by atoms with Crippen LogP contribution in [0.1, 0.15) is 37.2 Å². The number of hydrogen-bond donors (Lipinski definition) is 0. The minimum atomic E-state index is -0.208. The zero-order valence-electron chi connectivity index (χ0n) is 8.00. The van der Waals surface area contributed by atoms with Crippen LogP contribution in [0.15, 0.2) is 24.3 Å². The van der Waals surface area contributed by atoms with Gasteiger partial charge in [-0.05, 0) is 36.5 Å².